The maximum absolute atomic E-state index is 12.2. The predicted molar refractivity (Wildman–Crippen MR) is 104 cm³/mol. The number of aryl methyl sites for hydroxylation is 1. The van der Waals surface area contributed by atoms with Crippen LogP contribution in [-0.4, -0.2) is 15.9 Å². The maximum Gasteiger partial charge on any atom is 0.336 e. The Morgan fingerprint density at radius 3 is 2.52 bits per heavy atom. The second-order valence-electron chi connectivity index (χ2n) is 5.62. The number of non-ortho nitro benzene ring substituents is 1. The van der Waals surface area contributed by atoms with Crippen molar-refractivity contribution in [1.29, 1.82) is 0 Å². The molecule has 0 aliphatic heterocycles. The molecule has 0 N–H and O–H groups in total. The number of nitrogens with zero attached hydrogens (tertiary/aromatic N) is 2. The first-order chi connectivity index (χ1) is 12.8. The number of nitro benzene ring substituents is 1. The standard InChI is InChI=1S/C19H12Cl2N2O4/c1-11-2-8-14-15(20)10-16(21)19(18(14)22-11)27-17(24)9-5-12-3-6-13(7-4-12)23(25)26/h2-10H,1H3. The molecular formula is C19H12Cl2N2O4. The van der Waals surface area contributed by atoms with E-state index in [1.54, 1.807) is 19.1 Å². The number of esters is 1. The fraction of sp³-hybridized carbons (Fsp3) is 0.0526. The first kappa shape index (κ1) is 18.8. The summed E-state index contributed by atoms with van der Waals surface area (Å²) in [7, 11) is 0. The summed E-state index contributed by atoms with van der Waals surface area (Å²) in [6.45, 7) is 1.80. The monoisotopic (exact) mass is 402 g/mol. The fourth-order valence-corrected chi connectivity index (χ4v) is 2.95. The number of pyridine rings is 1. The molecule has 1 heterocycles. The molecule has 0 saturated carbocycles. The van der Waals surface area contributed by atoms with Gasteiger partial charge in [-0.1, -0.05) is 23.2 Å². The normalized spacial score (nSPS) is 11.1. The summed E-state index contributed by atoms with van der Waals surface area (Å²) in [4.78, 5) is 26.7. The van der Waals surface area contributed by atoms with E-state index in [9.17, 15) is 14.9 Å². The van der Waals surface area contributed by atoms with Crippen molar-refractivity contribution in [3.8, 4) is 5.75 Å². The van der Waals surface area contributed by atoms with Crippen LogP contribution in [0.5, 0.6) is 5.75 Å². The quantitative estimate of drug-likeness (QED) is 0.192. The molecule has 27 heavy (non-hydrogen) atoms. The third kappa shape index (κ3) is 4.24. The number of fused-ring (bicyclic) bond motifs is 1. The largest absolute Gasteiger partial charge is 0.419 e. The third-order valence-electron chi connectivity index (χ3n) is 3.70. The number of carbonyl (C=O) groups is 1. The van der Waals surface area contributed by atoms with Crippen molar-refractivity contribution in [2.24, 2.45) is 0 Å². The van der Waals surface area contributed by atoms with Crippen LogP contribution < -0.4 is 4.74 Å². The molecule has 3 rings (SSSR count). The molecule has 8 heteroatoms. The van der Waals surface area contributed by atoms with Crippen molar-refractivity contribution < 1.29 is 14.5 Å². The molecule has 1 aromatic heterocycles. The van der Waals surface area contributed by atoms with Crippen LogP contribution in [0.4, 0.5) is 5.69 Å². The highest BCUT2D eigenvalue weighted by Gasteiger charge is 2.15. The van der Waals surface area contributed by atoms with Gasteiger partial charge < -0.3 is 4.74 Å². The second kappa shape index (κ2) is 7.73. The highest BCUT2D eigenvalue weighted by atomic mass is 35.5. The zero-order valence-electron chi connectivity index (χ0n) is 14.0. The van der Waals surface area contributed by atoms with Crippen LogP contribution >= 0.6 is 23.2 Å². The molecule has 0 amide bonds. The van der Waals surface area contributed by atoms with Gasteiger partial charge in [-0.15, -0.1) is 0 Å². The lowest BCUT2D eigenvalue weighted by Crippen LogP contribution is -2.05. The predicted octanol–water partition coefficient (Wildman–Crippen LogP) is 5.38. The Morgan fingerprint density at radius 2 is 1.85 bits per heavy atom. The number of halogens is 2. The molecule has 0 unspecified atom stereocenters. The van der Waals surface area contributed by atoms with Crippen LogP contribution in [0, 0.1) is 17.0 Å². The van der Waals surface area contributed by atoms with Gasteiger partial charge in [-0.3, -0.25) is 10.1 Å². The summed E-state index contributed by atoms with van der Waals surface area (Å²) in [6.07, 6.45) is 2.69. The van der Waals surface area contributed by atoms with Gasteiger partial charge in [0, 0.05) is 29.3 Å². The molecule has 0 aliphatic carbocycles. The molecule has 6 nitrogen and oxygen atoms in total. The van der Waals surface area contributed by atoms with E-state index in [0.29, 0.717) is 21.5 Å². The third-order valence-corrected chi connectivity index (χ3v) is 4.29. The number of ether oxygens (including phenoxy) is 1. The summed E-state index contributed by atoms with van der Waals surface area (Å²) in [6, 6.07) is 10.8. The molecule has 0 atom stereocenters. The van der Waals surface area contributed by atoms with E-state index in [1.807, 2.05) is 0 Å². The molecule has 0 bridgehead atoms. The summed E-state index contributed by atoms with van der Waals surface area (Å²) < 4.78 is 5.37. The molecule has 0 saturated heterocycles. The lowest BCUT2D eigenvalue weighted by atomic mass is 10.2. The minimum absolute atomic E-state index is 0.0319. The van der Waals surface area contributed by atoms with Crippen LogP contribution in [0.2, 0.25) is 10.0 Å². The molecule has 0 fully saturated rings. The molecule has 2 aromatic carbocycles. The van der Waals surface area contributed by atoms with Gasteiger partial charge in [-0.25, -0.2) is 9.78 Å². The van der Waals surface area contributed by atoms with E-state index in [-0.39, 0.29) is 16.5 Å². The number of hydrogen-bond donors (Lipinski definition) is 0. The van der Waals surface area contributed by atoms with Gasteiger partial charge in [0.15, 0.2) is 5.75 Å². The molecule has 0 spiro atoms. The smallest absolute Gasteiger partial charge is 0.336 e. The molecule has 136 valence electrons. The zero-order chi connectivity index (χ0) is 19.6. The SMILES string of the molecule is Cc1ccc2c(Cl)cc(Cl)c(OC(=O)C=Cc3ccc([N+](=O)[O-])cc3)c2n1. The average molecular weight is 403 g/mol. The Labute approximate surface area is 164 Å². The first-order valence-electron chi connectivity index (χ1n) is 7.75. The van der Waals surface area contributed by atoms with Gasteiger partial charge in [-0.2, -0.15) is 0 Å². The summed E-state index contributed by atoms with van der Waals surface area (Å²) >= 11 is 12.4. The lowest BCUT2D eigenvalue weighted by molar-refractivity contribution is -0.384. The van der Waals surface area contributed by atoms with Crippen molar-refractivity contribution in [2.45, 2.75) is 6.92 Å². The van der Waals surface area contributed by atoms with Crippen LogP contribution in [-0.2, 0) is 4.79 Å². The molecule has 0 radical (unpaired) electrons. The van der Waals surface area contributed by atoms with E-state index in [2.05, 4.69) is 4.98 Å². The highest BCUT2D eigenvalue weighted by molar-refractivity contribution is 6.39. The van der Waals surface area contributed by atoms with Gasteiger partial charge >= 0.3 is 5.97 Å². The number of rotatable bonds is 4. The number of aromatic nitrogens is 1. The van der Waals surface area contributed by atoms with Crippen LogP contribution in [0.1, 0.15) is 11.3 Å². The van der Waals surface area contributed by atoms with Crippen molar-refractivity contribution in [3.05, 3.63) is 80.0 Å². The fourth-order valence-electron chi connectivity index (χ4n) is 2.39. The Hall–Kier alpha value is -2.96. The van der Waals surface area contributed by atoms with Crippen molar-refractivity contribution >= 4 is 51.8 Å². The minimum atomic E-state index is -0.665. The lowest BCUT2D eigenvalue weighted by Gasteiger charge is -2.10. The Bertz CT molecular complexity index is 1080. The van der Waals surface area contributed by atoms with Crippen LogP contribution in [0.25, 0.3) is 17.0 Å². The topological polar surface area (TPSA) is 82.3 Å². The second-order valence-corrected chi connectivity index (χ2v) is 6.44. The maximum atomic E-state index is 12.2. The minimum Gasteiger partial charge on any atom is -0.419 e. The van der Waals surface area contributed by atoms with E-state index >= 15 is 0 Å². The van der Waals surface area contributed by atoms with Gasteiger partial charge in [0.2, 0.25) is 0 Å². The van der Waals surface area contributed by atoms with Crippen molar-refractivity contribution in [3.63, 3.8) is 0 Å². The van der Waals surface area contributed by atoms with Crippen molar-refractivity contribution in [1.82, 2.24) is 4.98 Å². The molecule has 3 aromatic rings. The molecule has 0 aliphatic rings. The first-order valence-corrected chi connectivity index (χ1v) is 8.50. The summed E-state index contributed by atoms with van der Waals surface area (Å²) in [5, 5.41) is 11.8. The van der Waals surface area contributed by atoms with Crippen molar-refractivity contribution in [2.75, 3.05) is 0 Å². The average Bonchev–Trinajstić information content (AvgIpc) is 2.63. The van der Waals surface area contributed by atoms with Gasteiger partial charge in [-0.05, 0) is 48.9 Å². The number of nitro groups is 1. The van der Waals surface area contributed by atoms with E-state index < -0.39 is 10.9 Å². The van der Waals surface area contributed by atoms with E-state index in [1.165, 1.54) is 42.5 Å². The number of carbonyl (C=O) groups excluding carboxylic acids is 1. The van der Waals surface area contributed by atoms with Gasteiger partial charge in [0.1, 0.15) is 5.52 Å². The number of hydrogen-bond acceptors (Lipinski definition) is 5. The Balaban J connectivity index is 1.85. The van der Waals surface area contributed by atoms with Gasteiger partial charge in [0.05, 0.1) is 15.0 Å². The zero-order valence-corrected chi connectivity index (χ0v) is 15.5. The van der Waals surface area contributed by atoms with E-state index in [0.717, 1.165) is 5.69 Å². The van der Waals surface area contributed by atoms with E-state index in [4.69, 9.17) is 27.9 Å². The summed E-state index contributed by atoms with van der Waals surface area (Å²) in [5.74, 6) is -0.541. The molecular weight excluding hydrogens is 391 g/mol. The van der Waals surface area contributed by atoms with Crippen LogP contribution in [0.15, 0.2) is 48.5 Å². The summed E-state index contributed by atoms with van der Waals surface area (Å²) in [5.41, 5.74) is 1.69. The number of benzene rings is 2. The Kier molecular flexibility index (Phi) is 5.39. The Morgan fingerprint density at radius 1 is 1.15 bits per heavy atom. The van der Waals surface area contributed by atoms with Gasteiger partial charge in [0.25, 0.3) is 5.69 Å². The van der Waals surface area contributed by atoms with Crippen LogP contribution in [0.3, 0.4) is 0 Å². The highest BCUT2D eigenvalue weighted by Crippen LogP contribution is 2.37.